The molecule has 1 aliphatic carbocycles. The van der Waals surface area contributed by atoms with Crippen LogP contribution >= 0.6 is 0 Å². The standard InChI is InChI=1S/C17H17NO4/c1-21-16(19)13-9-12(15(13)17(20)22-2)10-5-6-14-11(8-10)4-3-7-18-14/h3-8,12-13,15H,9H2,1-2H3. The van der Waals surface area contributed by atoms with E-state index in [1.807, 2.05) is 30.3 Å². The van der Waals surface area contributed by atoms with Crippen LogP contribution in [0.1, 0.15) is 17.9 Å². The van der Waals surface area contributed by atoms with Crippen LogP contribution in [0, 0.1) is 11.8 Å². The molecule has 3 unspecified atom stereocenters. The highest BCUT2D eigenvalue weighted by Crippen LogP contribution is 2.48. The first-order chi connectivity index (χ1) is 10.7. The van der Waals surface area contributed by atoms with Crippen LogP contribution in [0.2, 0.25) is 0 Å². The van der Waals surface area contributed by atoms with Crippen LogP contribution in [-0.2, 0) is 19.1 Å². The molecule has 0 bridgehead atoms. The number of carbonyl (C=O) groups is 2. The second kappa shape index (κ2) is 5.75. The Morgan fingerprint density at radius 1 is 1.14 bits per heavy atom. The number of hydrogen-bond acceptors (Lipinski definition) is 5. The van der Waals surface area contributed by atoms with Crippen molar-refractivity contribution < 1.29 is 19.1 Å². The third-order valence-electron chi connectivity index (χ3n) is 4.41. The Balaban J connectivity index is 1.92. The Morgan fingerprint density at radius 3 is 2.64 bits per heavy atom. The molecule has 3 rings (SSSR count). The maximum absolute atomic E-state index is 12.0. The quantitative estimate of drug-likeness (QED) is 0.814. The van der Waals surface area contributed by atoms with Gasteiger partial charge in [-0.1, -0.05) is 12.1 Å². The van der Waals surface area contributed by atoms with E-state index < -0.39 is 11.8 Å². The maximum atomic E-state index is 12.0. The number of fused-ring (bicyclic) bond motifs is 1. The van der Waals surface area contributed by atoms with Gasteiger partial charge in [-0.15, -0.1) is 0 Å². The smallest absolute Gasteiger partial charge is 0.310 e. The van der Waals surface area contributed by atoms with Gasteiger partial charge in [-0.2, -0.15) is 0 Å². The number of pyridine rings is 1. The summed E-state index contributed by atoms with van der Waals surface area (Å²) >= 11 is 0. The van der Waals surface area contributed by atoms with E-state index in [-0.39, 0.29) is 17.9 Å². The highest BCUT2D eigenvalue weighted by molar-refractivity contribution is 5.86. The third kappa shape index (κ3) is 2.32. The minimum absolute atomic E-state index is 0.0267. The molecular formula is C17H17NO4. The van der Waals surface area contributed by atoms with Gasteiger partial charge in [0.1, 0.15) is 0 Å². The number of benzene rings is 1. The lowest BCUT2D eigenvalue weighted by Gasteiger charge is -2.41. The summed E-state index contributed by atoms with van der Waals surface area (Å²) in [6.45, 7) is 0. The molecule has 0 radical (unpaired) electrons. The Morgan fingerprint density at radius 2 is 1.91 bits per heavy atom. The van der Waals surface area contributed by atoms with E-state index in [9.17, 15) is 9.59 Å². The van der Waals surface area contributed by atoms with E-state index in [1.54, 1.807) is 6.20 Å². The predicted octanol–water partition coefficient (Wildman–Crippen LogP) is 2.30. The Hall–Kier alpha value is -2.43. The number of nitrogens with zero attached hydrogens (tertiary/aromatic N) is 1. The molecule has 5 nitrogen and oxygen atoms in total. The molecule has 1 fully saturated rings. The van der Waals surface area contributed by atoms with Gasteiger partial charge in [0.25, 0.3) is 0 Å². The monoisotopic (exact) mass is 299 g/mol. The van der Waals surface area contributed by atoms with Gasteiger partial charge < -0.3 is 9.47 Å². The summed E-state index contributed by atoms with van der Waals surface area (Å²) in [6, 6.07) is 9.78. The van der Waals surface area contributed by atoms with Crippen LogP contribution in [0.15, 0.2) is 36.5 Å². The van der Waals surface area contributed by atoms with Crippen LogP contribution < -0.4 is 0 Å². The van der Waals surface area contributed by atoms with Crippen LogP contribution in [0.5, 0.6) is 0 Å². The summed E-state index contributed by atoms with van der Waals surface area (Å²) in [5, 5.41) is 1.02. The Bertz CT molecular complexity index is 727. The lowest BCUT2D eigenvalue weighted by molar-refractivity contribution is -0.166. The molecule has 2 aromatic rings. The molecule has 5 heteroatoms. The number of carbonyl (C=O) groups excluding carboxylic acids is 2. The van der Waals surface area contributed by atoms with Crippen molar-refractivity contribution in [3.63, 3.8) is 0 Å². The average molecular weight is 299 g/mol. The van der Waals surface area contributed by atoms with Crippen molar-refractivity contribution in [3.8, 4) is 0 Å². The van der Waals surface area contributed by atoms with E-state index in [1.165, 1.54) is 14.2 Å². The largest absolute Gasteiger partial charge is 0.469 e. The molecule has 0 saturated heterocycles. The van der Waals surface area contributed by atoms with Gasteiger partial charge in [0.05, 0.1) is 31.6 Å². The molecule has 0 amide bonds. The minimum Gasteiger partial charge on any atom is -0.469 e. The van der Waals surface area contributed by atoms with Crippen molar-refractivity contribution in [1.29, 1.82) is 0 Å². The summed E-state index contributed by atoms with van der Waals surface area (Å²) in [5.41, 5.74) is 1.93. The SMILES string of the molecule is COC(=O)C1CC(c2ccc3ncccc3c2)C1C(=O)OC. The van der Waals surface area contributed by atoms with Gasteiger partial charge in [0.2, 0.25) is 0 Å². The molecule has 0 N–H and O–H groups in total. The summed E-state index contributed by atoms with van der Waals surface area (Å²) in [6.07, 6.45) is 2.34. The molecule has 0 spiro atoms. The van der Waals surface area contributed by atoms with Gasteiger partial charge in [-0.3, -0.25) is 14.6 Å². The van der Waals surface area contributed by atoms with Crippen molar-refractivity contribution in [2.75, 3.05) is 14.2 Å². The van der Waals surface area contributed by atoms with Gasteiger partial charge in [-0.05, 0) is 36.1 Å². The number of aromatic nitrogens is 1. The normalized spacial score (nSPS) is 23.6. The first-order valence-corrected chi connectivity index (χ1v) is 7.16. The lowest BCUT2D eigenvalue weighted by atomic mass is 9.62. The van der Waals surface area contributed by atoms with Crippen LogP contribution in [-0.4, -0.2) is 31.1 Å². The van der Waals surface area contributed by atoms with E-state index in [0.717, 1.165) is 16.5 Å². The summed E-state index contributed by atoms with van der Waals surface area (Å²) in [7, 11) is 2.68. The first kappa shape index (κ1) is 14.5. The zero-order valence-electron chi connectivity index (χ0n) is 12.5. The maximum Gasteiger partial charge on any atom is 0.310 e. The average Bonchev–Trinajstić information content (AvgIpc) is 2.53. The fourth-order valence-corrected chi connectivity index (χ4v) is 3.18. The lowest BCUT2D eigenvalue weighted by Crippen LogP contribution is -2.45. The highest BCUT2D eigenvalue weighted by atomic mass is 16.5. The Kier molecular flexibility index (Phi) is 3.79. The topological polar surface area (TPSA) is 65.5 Å². The number of ether oxygens (including phenoxy) is 2. The molecule has 3 atom stereocenters. The van der Waals surface area contributed by atoms with Gasteiger partial charge in [0, 0.05) is 11.6 Å². The van der Waals surface area contributed by atoms with Crippen molar-refractivity contribution in [3.05, 3.63) is 42.1 Å². The predicted molar refractivity (Wildman–Crippen MR) is 80.1 cm³/mol. The minimum atomic E-state index is -0.480. The Labute approximate surface area is 128 Å². The first-order valence-electron chi connectivity index (χ1n) is 7.16. The van der Waals surface area contributed by atoms with Crippen LogP contribution in [0.4, 0.5) is 0 Å². The number of esters is 2. The van der Waals surface area contributed by atoms with Crippen LogP contribution in [0.3, 0.4) is 0 Å². The molecule has 1 heterocycles. The molecular weight excluding hydrogens is 282 g/mol. The fourth-order valence-electron chi connectivity index (χ4n) is 3.18. The van der Waals surface area contributed by atoms with E-state index in [0.29, 0.717) is 6.42 Å². The molecule has 114 valence electrons. The van der Waals surface area contributed by atoms with Gasteiger partial charge in [-0.25, -0.2) is 0 Å². The van der Waals surface area contributed by atoms with Gasteiger partial charge in [0.15, 0.2) is 0 Å². The second-order valence-electron chi connectivity index (χ2n) is 5.48. The van der Waals surface area contributed by atoms with Crippen LogP contribution in [0.25, 0.3) is 10.9 Å². The van der Waals surface area contributed by atoms with Crippen molar-refractivity contribution in [2.24, 2.45) is 11.8 Å². The number of methoxy groups -OCH3 is 2. The molecule has 1 aromatic heterocycles. The zero-order chi connectivity index (χ0) is 15.7. The van der Waals surface area contributed by atoms with E-state index in [4.69, 9.17) is 9.47 Å². The van der Waals surface area contributed by atoms with Crippen molar-refractivity contribution in [1.82, 2.24) is 4.98 Å². The molecule has 22 heavy (non-hydrogen) atoms. The van der Waals surface area contributed by atoms with Crippen molar-refractivity contribution >= 4 is 22.8 Å². The molecule has 1 saturated carbocycles. The molecule has 0 aliphatic heterocycles. The summed E-state index contributed by atoms with van der Waals surface area (Å²) in [5.74, 6) is -1.65. The van der Waals surface area contributed by atoms with E-state index >= 15 is 0 Å². The zero-order valence-corrected chi connectivity index (χ0v) is 12.5. The molecule has 1 aliphatic rings. The summed E-state index contributed by atoms with van der Waals surface area (Å²) < 4.78 is 9.64. The van der Waals surface area contributed by atoms with E-state index in [2.05, 4.69) is 4.98 Å². The second-order valence-corrected chi connectivity index (χ2v) is 5.48. The fraction of sp³-hybridized carbons (Fsp3) is 0.353. The third-order valence-corrected chi connectivity index (χ3v) is 4.41. The molecule has 1 aromatic carbocycles. The van der Waals surface area contributed by atoms with Gasteiger partial charge >= 0.3 is 11.9 Å². The van der Waals surface area contributed by atoms with Crippen molar-refractivity contribution in [2.45, 2.75) is 12.3 Å². The highest BCUT2D eigenvalue weighted by Gasteiger charge is 2.51. The number of hydrogen-bond donors (Lipinski definition) is 0. The summed E-state index contributed by atoms with van der Waals surface area (Å²) in [4.78, 5) is 28.1. The number of rotatable bonds is 3.